The van der Waals surface area contributed by atoms with E-state index in [2.05, 4.69) is 5.32 Å². The number of anilines is 1. The molecule has 26 heavy (non-hydrogen) atoms. The first-order valence-corrected chi connectivity index (χ1v) is 8.15. The van der Waals surface area contributed by atoms with E-state index in [4.69, 9.17) is 4.74 Å². The summed E-state index contributed by atoms with van der Waals surface area (Å²) < 4.78 is 5.18. The normalized spacial score (nSPS) is 10.4. The summed E-state index contributed by atoms with van der Waals surface area (Å²) in [6, 6.07) is 12.2. The van der Waals surface area contributed by atoms with Crippen molar-refractivity contribution < 1.29 is 19.2 Å². The van der Waals surface area contributed by atoms with Crippen molar-refractivity contribution >= 4 is 23.1 Å². The highest BCUT2D eigenvalue weighted by atomic mass is 16.6. The monoisotopic (exact) mass is 356 g/mol. The van der Waals surface area contributed by atoms with E-state index < -0.39 is 10.9 Å². The Kier molecular flexibility index (Phi) is 6.43. The van der Waals surface area contributed by atoms with Gasteiger partial charge in [0.25, 0.3) is 5.69 Å². The minimum atomic E-state index is -0.545. The van der Waals surface area contributed by atoms with E-state index in [1.54, 1.807) is 24.3 Å². The number of benzene rings is 2. The van der Waals surface area contributed by atoms with Gasteiger partial charge >= 0.3 is 5.97 Å². The Morgan fingerprint density at radius 1 is 1.12 bits per heavy atom. The summed E-state index contributed by atoms with van der Waals surface area (Å²) in [5.74, 6) is -0.471. The van der Waals surface area contributed by atoms with Crippen molar-refractivity contribution in [2.75, 3.05) is 18.5 Å². The molecule has 2 aromatic carbocycles. The van der Waals surface area contributed by atoms with Crippen LogP contribution in [0.3, 0.4) is 0 Å². The number of carbonyl (C=O) groups excluding carboxylic acids is 2. The van der Waals surface area contributed by atoms with Crippen LogP contribution in [0.15, 0.2) is 48.5 Å². The lowest BCUT2D eigenvalue weighted by atomic mass is 10.1. The minimum Gasteiger partial charge on any atom is -0.462 e. The molecule has 0 aromatic heterocycles. The number of non-ortho nitro benzene ring substituents is 1. The van der Waals surface area contributed by atoms with Crippen molar-refractivity contribution in [3.05, 3.63) is 69.8 Å². The topological polar surface area (TPSA) is 98.5 Å². The van der Waals surface area contributed by atoms with E-state index in [0.717, 1.165) is 0 Å². The third kappa shape index (κ3) is 5.41. The first-order chi connectivity index (χ1) is 12.4. The zero-order chi connectivity index (χ0) is 19.1. The van der Waals surface area contributed by atoms with Gasteiger partial charge in [0.05, 0.1) is 23.6 Å². The van der Waals surface area contributed by atoms with Gasteiger partial charge < -0.3 is 10.1 Å². The number of hydrogen-bond acceptors (Lipinski definition) is 6. The van der Waals surface area contributed by atoms with Gasteiger partial charge in [-0.3, -0.25) is 14.9 Å². The molecule has 0 bridgehead atoms. The molecule has 0 unspecified atom stereocenters. The van der Waals surface area contributed by atoms with Gasteiger partial charge in [-0.1, -0.05) is 32.0 Å². The third-order valence-corrected chi connectivity index (χ3v) is 3.48. The van der Waals surface area contributed by atoms with Gasteiger partial charge in [-0.05, 0) is 24.1 Å². The fourth-order valence-corrected chi connectivity index (χ4v) is 2.16. The van der Waals surface area contributed by atoms with Gasteiger partial charge in [0, 0.05) is 23.4 Å². The molecule has 1 N–H and O–H groups in total. The number of nitrogens with one attached hydrogen (secondary N) is 1. The van der Waals surface area contributed by atoms with Gasteiger partial charge in [0.15, 0.2) is 5.78 Å². The lowest BCUT2D eigenvalue weighted by Crippen LogP contribution is -2.15. The van der Waals surface area contributed by atoms with Crippen LogP contribution in [0.25, 0.3) is 0 Å². The van der Waals surface area contributed by atoms with Crippen LogP contribution in [0.5, 0.6) is 0 Å². The van der Waals surface area contributed by atoms with Gasteiger partial charge in [-0.15, -0.1) is 0 Å². The summed E-state index contributed by atoms with van der Waals surface area (Å²) in [4.78, 5) is 34.4. The molecular weight excluding hydrogens is 336 g/mol. The lowest BCUT2D eigenvalue weighted by Gasteiger charge is -2.09. The number of nitro groups is 1. The molecule has 0 saturated heterocycles. The highest BCUT2D eigenvalue weighted by Crippen LogP contribution is 2.15. The maximum Gasteiger partial charge on any atom is 0.338 e. The molecule has 0 aliphatic rings. The highest BCUT2D eigenvalue weighted by Gasteiger charge is 2.12. The quantitative estimate of drug-likeness (QED) is 0.335. The standard InChI is InChI=1S/C19H20N2O5/c1-13(2)12-26-19(23)15-6-3-7-16(9-15)20-11-18(22)14-5-4-8-17(10-14)21(24)25/h3-10,13,20H,11-12H2,1-2H3. The molecule has 2 aromatic rings. The molecule has 0 spiro atoms. The van der Waals surface area contributed by atoms with Crippen LogP contribution in [0.1, 0.15) is 34.6 Å². The van der Waals surface area contributed by atoms with Gasteiger partial charge in [-0.25, -0.2) is 4.79 Å². The van der Waals surface area contributed by atoms with Crippen LogP contribution in [0.2, 0.25) is 0 Å². The minimum absolute atomic E-state index is 0.0499. The molecule has 2 rings (SSSR count). The molecule has 0 radical (unpaired) electrons. The van der Waals surface area contributed by atoms with Crippen LogP contribution in [0.4, 0.5) is 11.4 Å². The summed E-state index contributed by atoms with van der Waals surface area (Å²) in [6.45, 7) is 4.18. The van der Waals surface area contributed by atoms with Gasteiger partial charge in [-0.2, -0.15) is 0 Å². The van der Waals surface area contributed by atoms with E-state index in [1.165, 1.54) is 24.3 Å². The number of nitrogens with zero attached hydrogens (tertiary/aromatic N) is 1. The Bertz CT molecular complexity index is 817. The SMILES string of the molecule is CC(C)COC(=O)c1cccc(NCC(=O)c2cccc([N+](=O)[O-])c2)c1. The van der Waals surface area contributed by atoms with E-state index in [0.29, 0.717) is 17.9 Å². The summed E-state index contributed by atoms with van der Waals surface area (Å²) in [7, 11) is 0. The van der Waals surface area contributed by atoms with Crippen LogP contribution in [-0.2, 0) is 4.74 Å². The molecule has 0 fully saturated rings. The first kappa shape index (κ1) is 19.1. The molecule has 0 atom stereocenters. The average Bonchev–Trinajstić information content (AvgIpc) is 2.64. The van der Waals surface area contributed by atoms with Crippen LogP contribution in [-0.4, -0.2) is 29.8 Å². The molecule has 7 nitrogen and oxygen atoms in total. The van der Waals surface area contributed by atoms with Crippen LogP contribution < -0.4 is 5.32 Å². The predicted octanol–water partition coefficient (Wildman–Crippen LogP) is 3.70. The van der Waals surface area contributed by atoms with Crippen molar-refractivity contribution in [2.45, 2.75) is 13.8 Å². The molecule has 0 aliphatic carbocycles. The molecule has 0 heterocycles. The lowest BCUT2D eigenvalue weighted by molar-refractivity contribution is -0.384. The number of carbonyl (C=O) groups is 2. The fourth-order valence-electron chi connectivity index (χ4n) is 2.16. The second kappa shape index (κ2) is 8.75. The molecule has 136 valence electrons. The Balaban J connectivity index is 2.00. The van der Waals surface area contributed by atoms with Crippen molar-refractivity contribution in [2.24, 2.45) is 5.92 Å². The Labute approximate surface area is 151 Å². The van der Waals surface area contributed by atoms with E-state index in [9.17, 15) is 19.7 Å². The summed E-state index contributed by atoms with van der Waals surface area (Å²) in [5.41, 5.74) is 1.09. The molecule has 0 amide bonds. The van der Waals surface area contributed by atoms with Crippen LogP contribution >= 0.6 is 0 Å². The molecule has 0 saturated carbocycles. The zero-order valence-corrected chi connectivity index (χ0v) is 14.6. The number of esters is 1. The second-order valence-corrected chi connectivity index (χ2v) is 6.16. The van der Waals surface area contributed by atoms with E-state index in [-0.39, 0.29) is 29.5 Å². The molecule has 7 heteroatoms. The Morgan fingerprint density at radius 2 is 1.81 bits per heavy atom. The summed E-state index contributed by atoms with van der Waals surface area (Å²) in [5, 5.41) is 13.7. The number of rotatable bonds is 8. The largest absolute Gasteiger partial charge is 0.462 e. The summed E-state index contributed by atoms with van der Waals surface area (Å²) >= 11 is 0. The fraction of sp³-hybridized carbons (Fsp3) is 0.263. The second-order valence-electron chi connectivity index (χ2n) is 6.16. The Hall–Kier alpha value is -3.22. The van der Waals surface area contributed by atoms with Crippen LogP contribution in [0, 0.1) is 16.0 Å². The zero-order valence-electron chi connectivity index (χ0n) is 14.6. The maximum absolute atomic E-state index is 12.2. The number of ketones is 1. The van der Waals surface area contributed by atoms with Crippen molar-refractivity contribution in [3.8, 4) is 0 Å². The smallest absolute Gasteiger partial charge is 0.338 e. The van der Waals surface area contributed by atoms with Crippen molar-refractivity contribution in [3.63, 3.8) is 0 Å². The van der Waals surface area contributed by atoms with Gasteiger partial charge in [0.2, 0.25) is 0 Å². The number of hydrogen-bond donors (Lipinski definition) is 1. The number of nitro benzene ring substituents is 1. The molecule has 0 aliphatic heterocycles. The first-order valence-electron chi connectivity index (χ1n) is 8.15. The van der Waals surface area contributed by atoms with Gasteiger partial charge in [0.1, 0.15) is 0 Å². The highest BCUT2D eigenvalue weighted by molar-refractivity contribution is 5.99. The van der Waals surface area contributed by atoms with E-state index >= 15 is 0 Å². The average molecular weight is 356 g/mol. The van der Waals surface area contributed by atoms with Crippen molar-refractivity contribution in [1.29, 1.82) is 0 Å². The Morgan fingerprint density at radius 3 is 2.50 bits per heavy atom. The number of ether oxygens (including phenoxy) is 1. The predicted molar refractivity (Wildman–Crippen MR) is 97.5 cm³/mol. The third-order valence-electron chi connectivity index (χ3n) is 3.48. The number of Topliss-reactive ketones (excluding diaryl/α,β-unsaturated/α-hetero) is 1. The van der Waals surface area contributed by atoms with Crippen molar-refractivity contribution in [1.82, 2.24) is 0 Å². The molecular formula is C19H20N2O5. The van der Waals surface area contributed by atoms with E-state index in [1.807, 2.05) is 13.8 Å². The maximum atomic E-state index is 12.2. The summed E-state index contributed by atoms with van der Waals surface area (Å²) in [6.07, 6.45) is 0.